The average molecular weight is 793 g/mol. The molecule has 0 aromatic heterocycles. The van der Waals surface area contributed by atoms with Gasteiger partial charge in [0.1, 0.15) is 0 Å². The highest BCUT2D eigenvalue weighted by Gasteiger charge is 2.56. The van der Waals surface area contributed by atoms with Gasteiger partial charge < -0.3 is 33.6 Å². The van der Waals surface area contributed by atoms with Gasteiger partial charge >= 0.3 is 11.9 Å². The van der Waals surface area contributed by atoms with Crippen molar-refractivity contribution in [1.82, 2.24) is 0 Å². The zero-order chi connectivity index (χ0) is 40.9. The number of allylic oxidation sites excluding steroid dienone is 1. The molecule has 2 aromatic rings. The van der Waals surface area contributed by atoms with Crippen molar-refractivity contribution >= 4 is 30.6 Å². The highest BCUT2D eigenvalue weighted by molar-refractivity contribution is 6.99. The van der Waals surface area contributed by atoms with Gasteiger partial charge in [0.05, 0.1) is 60.4 Å². The lowest BCUT2D eigenvalue weighted by atomic mass is 9.77. The van der Waals surface area contributed by atoms with Crippen LogP contribution >= 0.6 is 0 Å². The molecule has 0 bridgehead atoms. The molecular weight excluding hydrogens is 725 g/mol. The molecule has 2 N–H and O–H groups in total. The first kappa shape index (κ1) is 44.2. The van der Waals surface area contributed by atoms with Crippen molar-refractivity contribution in [1.29, 1.82) is 0 Å². The molecule has 0 spiro atoms. The fourth-order valence-electron chi connectivity index (χ4n) is 9.16. The van der Waals surface area contributed by atoms with E-state index < -0.39 is 43.6 Å². The highest BCUT2D eigenvalue weighted by Crippen LogP contribution is 2.46. The number of esters is 1. The van der Waals surface area contributed by atoms with Crippen LogP contribution in [0.1, 0.15) is 114 Å². The summed E-state index contributed by atoms with van der Waals surface area (Å²) in [6.45, 7) is 19.1. The van der Waals surface area contributed by atoms with Crippen LogP contribution in [0.3, 0.4) is 0 Å². The molecule has 5 rings (SSSR count). The van der Waals surface area contributed by atoms with Crippen LogP contribution in [0.5, 0.6) is 0 Å². The topological polar surface area (TPSA) is 121 Å². The Morgan fingerprint density at radius 1 is 0.875 bits per heavy atom. The molecule has 3 fully saturated rings. The van der Waals surface area contributed by atoms with Crippen molar-refractivity contribution < 1.29 is 43.2 Å². The Labute approximate surface area is 336 Å². The summed E-state index contributed by atoms with van der Waals surface area (Å²) in [5, 5.41) is 22.6. The maximum Gasteiger partial charge on any atom is 0.311 e. The number of carbonyl (C=O) groups is 2. The van der Waals surface area contributed by atoms with Crippen molar-refractivity contribution in [3.8, 4) is 0 Å². The second-order valence-electron chi connectivity index (χ2n) is 19.0. The predicted molar refractivity (Wildman–Crippen MR) is 222 cm³/mol. The van der Waals surface area contributed by atoms with E-state index in [9.17, 15) is 14.7 Å². The van der Waals surface area contributed by atoms with Crippen LogP contribution in [0.4, 0.5) is 0 Å². The molecule has 3 heterocycles. The number of aliphatic hydroxyl groups is 1. The highest BCUT2D eigenvalue weighted by atomic mass is 28.4. The van der Waals surface area contributed by atoms with E-state index in [0.29, 0.717) is 32.1 Å². The van der Waals surface area contributed by atoms with Gasteiger partial charge in [-0.2, -0.15) is 0 Å². The van der Waals surface area contributed by atoms with Gasteiger partial charge in [-0.15, -0.1) is 0 Å². The number of aliphatic hydroxyl groups excluding tert-OH is 1. The summed E-state index contributed by atoms with van der Waals surface area (Å²) < 4.78 is 35.0. The molecule has 10 atom stereocenters. The number of ether oxygens (including phenoxy) is 4. The third-order valence-corrected chi connectivity index (χ3v) is 17.1. The lowest BCUT2D eigenvalue weighted by Gasteiger charge is -2.53. The SMILES string of the molecule is C[C@@H]1C[C@H](O[Si](c2ccccc2)(c2ccccc2)C(C)(C)C)[C@@H](CCOC(=O)C(C)(C)C)O[C@H]2C[C@H]3O[C@@H](C/C=C\CCC(=O)O)[C@H](O)[C@@H](C)C[C@@H]3O[C@]2(C)C1. The minimum absolute atomic E-state index is 0.0519. The molecular formula is C46H68O9Si. The van der Waals surface area contributed by atoms with E-state index in [1.54, 1.807) is 0 Å². The zero-order valence-electron chi connectivity index (χ0n) is 35.2. The summed E-state index contributed by atoms with van der Waals surface area (Å²) >= 11 is 0. The first-order chi connectivity index (χ1) is 26.3. The van der Waals surface area contributed by atoms with Crippen LogP contribution in [0, 0.1) is 17.3 Å². The van der Waals surface area contributed by atoms with E-state index >= 15 is 0 Å². The number of hydrogen-bond donors (Lipinski definition) is 2. The normalized spacial score (nSPS) is 31.7. The van der Waals surface area contributed by atoms with Crippen LogP contribution in [-0.4, -0.2) is 85.4 Å². The Morgan fingerprint density at radius 2 is 1.50 bits per heavy atom. The summed E-state index contributed by atoms with van der Waals surface area (Å²) in [7, 11) is -3.00. The van der Waals surface area contributed by atoms with E-state index in [-0.39, 0.29) is 60.3 Å². The van der Waals surface area contributed by atoms with E-state index in [1.807, 2.05) is 39.8 Å². The standard InChI is InChI=1S/C46H68O9Si/c1-31-27-39(55-56(45(6,7)8,33-19-13-10-14-20-33)34-21-15-11-16-22-34)35(25-26-51-43(50)44(3,4)5)53-40-29-37-38(54-46(40,9)30-31)28-32(2)42(49)36(52-37)23-17-12-18-24-41(47)48/h10-17,19-22,31-32,35-40,42,49H,18,23-30H2,1-9H3,(H,47,48)/b17-12-/t31-,32+,35-,36+,37-,38+,39+,40+,42-,46-/m1/s1. The third-order valence-electron chi connectivity index (χ3n) is 12.1. The maximum absolute atomic E-state index is 13.0. The van der Waals surface area contributed by atoms with Crippen LogP contribution < -0.4 is 10.4 Å². The van der Waals surface area contributed by atoms with Gasteiger partial charge in [-0.25, -0.2) is 0 Å². The number of carbonyl (C=O) groups excluding carboxylic acids is 1. The number of hydrogen-bond acceptors (Lipinski definition) is 8. The van der Waals surface area contributed by atoms with Gasteiger partial charge in [0.15, 0.2) is 0 Å². The molecule has 10 heteroatoms. The van der Waals surface area contributed by atoms with Gasteiger partial charge in [0.25, 0.3) is 8.32 Å². The monoisotopic (exact) mass is 792 g/mol. The smallest absolute Gasteiger partial charge is 0.311 e. The minimum atomic E-state index is -3.00. The number of rotatable bonds is 12. The molecule has 3 aliphatic rings. The molecule has 0 amide bonds. The molecule has 0 aliphatic carbocycles. The van der Waals surface area contributed by atoms with E-state index in [4.69, 9.17) is 28.5 Å². The fraction of sp³-hybridized carbons (Fsp3) is 0.652. The van der Waals surface area contributed by atoms with Crippen molar-refractivity contribution in [2.75, 3.05) is 6.61 Å². The molecule has 3 saturated heterocycles. The van der Waals surface area contributed by atoms with Crippen LogP contribution in [-0.2, 0) is 33.0 Å². The summed E-state index contributed by atoms with van der Waals surface area (Å²) in [4.78, 5) is 24.0. The lowest BCUT2D eigenvalue weighted by molar-refractivity contribution is -0.271. The number of fused-ring (bicyclic) bond motifs is 2. The molecule has 0 saturated carbocycles. The van der Waals surface area contributed by atoms with E-state index in [0.717, 1.165) is 12.8 Å². The average Bonchev–Trinajstić information content (AvgIpc) is 3.23. The molecule has 2 aromatic carbocycles. The lowest BCUT2D eigenvalue weighted by Crippen LogP contribution is -2.69. The Hall–Kier alpha value is -2.86. The molecule has 0 radical (unpaired) electrons. The molecule has 310 valence electrons. The number of aliphatic carboxylic acids is 1. The van der Waals surface area contributed by atoms with E-state index in [2.05, 4.69) is 95.3 Å². The molecule has 3 aliphatic heterocycles. The largest absolute Gasteiger partial charge is 0.481 e. The molecule has 0 unspecified atom stereocenters. The molecule has 9 nitrogen and oxygen atoms in total. The summed E-state index contributed by atoms with van der Waals surface area (Å²) in [5.74, 6) is -0.928. The predicted octanol–water partition coefficient (Wildman–Crippen LogP) is 7.61. The zero-order valence-corrected chi connectivity index (χ0v) is 36.2. The quantitative estimate of drug-likeness (QED) is 0.127. The first-order valence-electron chi connectivity index (χ1n) is 20.8. The third kappa shape index (κ3) is 10.4. The summed E-state index contributed by atoms with van der Waals surface area (Å²) in [6.07, 6.45) is 5.19. The van der Waals surface area contributed by atoms with Gasteiger partial charge in [-0.05, 0) is 87.0 Å². The van der Waals surface area contributed by atoms with Gasteiger partial charge in [-0.1, -0.05) is 107 Å². The van der Waals surface area contributed by atoms with Gasteiger partial charge in [-0.3, -0.25) is 9.59 Å². The number of benzene rings is 2. The number of carboxylic acids is 1. The van der Waals surface area contributed by atoms with Gasteiger partial charge in [0.2, 0.25) is 0 Å². The summed E-state index contributed by atoms with van der Waals surface area (Å²) in [6, 6.07) is 21.3. The van der Waals surface area contributed by atoms with Crippen molar-refractivity contribution in [2.45, 2.75) is 167 Å². The maximum atomic E-state index is 13.0. The minimum Gasteiger partial charge on any atom is -0.481 e. The Kier molecular flexibility index (Phi) is 14.5. The second-order valence-corrected chi connectivity index (χ2v) is 23.2. The Bertz CT molecular complexity index is 1560. The van der Waals surface area contributed by atoms with Crippen molar-refractivity contribution in [3.05, 3.63) is 72.8 Å². The fourth-order valence-corrected chi connectivity index (χ4v) is 13.9. The molecule has 56 heavy (non-hydrogen) atoms. The van der Waals surface area contributed by atoms with E-state index in [1.165, 1.54) is 10.4 Å². The van der Waals surface area contributed by atoms with Crippen LogP contribution in [0.25, 0.3) is 0 Å². The van der Waals surface area contributed by atoms with Crippen molar-refractivity contribution in [2.24, 2.45) is 17.3 Å². The number of carboxylic acid groups (broad SMARTS) is 1. The van der Waals surface area contributed by atoms with Crippen LogP contribution in [0.15, 0.2) is 72.8 Å². The first-order valence-corrected chi connectivity index (χ1v) is 22.7. The van der Waals surface area contributed by atoms with Crippen LogP contribution in [0.2, 0.25) is 5.04 Å². The second kappa shape index (κ2) is 18.4. The van der Waals surface area contributed by atoms with Crippen molar-refractivity contribution in [3.63, 3.8) is 0 Å². The Morgan fingerprint density at radius 3 is 2.07 bits per heavy atom. The van der Waals surface area contributed by atoms with Gasteiger partial charge in [0, 0.05) is 19.3 Å². The Balaban J connectivity index is 1.50. The summed E-state index contributed by atoms with van der Waals surface area (Å²) in [5.41, 5.74) is -1.25.